The lowest BCUT2D eigenvalue weighted by Crippen LogP contribution is -2.68. The van der Waals surface area contributed by atoms with Crippen molar-refractivity contribution in [1.29, 1.82) is 0 Å². The molecule has 0 bridgehead atoms. The van der Waals surface area contributed by atoms with E-state index in [9.17, 15) is 9.59 Å². The minimum Gasteiger partial charge on any atom is -0.497 e. The van der Waals surface area contributed by atoms with E-state index in [-0.39, 0.29) is 24.3 Å². The molecule has 0 radical (unpaired) electrons. The SMILES string of the molecule is COc1cccc(NC(=O)NC2NC(C)CC(NCCN(C)C(=O)OC(C)(C)C)N2)c1. The van der Waals surface area contributed by atoms with Crippen molar-refractivity contribution >= 4 is 17.8 Å². The zero-order valence-corrected chi connectivity index (χ0v) is 19.2. The third-order valence-corrected chi connectivity index (χ3v) is 4.55. The lowest BCUT2D eigenvalue weighted by molar-refractivity contribution is 0.0297. The van der Waals surface area contributed by atoms with Crippen LogP contribution in [0.4, 0.5) is 15.3 Å². The fraction of sp³-hybridized carbons (Fsp3) is 0.619. The molecule has 1 aromatic rings. The van der Waals surface area contributed by atoms with Crippen LogP contribution in [0.3, 0.4) is 0 Å². The molecule has 0 saturated carbocycles. The van der Waals surface area contributed by atoms with Gasteiger partial charge in [0.2, 0.25) is 0 Å². The van der Waals surface area contributed by atoms with Crippen molar-refractivity contribution < 1.29 is 19.1 Å². The summed E-state index contributed by atoms with van der Waals surface area (Å²) in [6.07, 6.45) is 0.0433. The first-order valence-corrected chi connectivity index (χ1v) is 10.5. The molecule has 0 spiro atoms. The molecule has 0 aliphatic carbocycles. The summed E-state index contributed by atoms with van der Waals surface area (Å²) in [6, 6.07) is 7.00. The summed E-state index contributed by atoms with van der Waals surface area (Å²) in [5.74, 6) is 0.668. The number of nitrogens with zero attached hydrogens (tertiary/aromatic N) is 1. The fourth-order valence-electron chi connectivity index (χ4n) is 3.09. The Labute approximate surface area is 184 Å². The van der Waals surface area contributed by atoms with Crippen molar-refractivity contribution in [3.8, 4) is 5.75 Å². The molecule has 174 valence electrons. The van der Waals surface area contributed by atoms with Gasteiger partial charge in [0.1, 0.15) is 17.6 Å². The van der Waals surface area contributed by atoms with E-state index in [0.29, 0.717) is 24.5 Å². The van der Waals surface area contributed by atoms with Crippen molar-refractivity contribution in [2.45, 2.75) is 58.2 Å². The van der Waals surface area contributed by atoms with E-state index in [2.05, 4.69) is 33.5 Å². The van der Waals surface area contributed by atoms with E-state index in [0.717, 1.165) is 6.42 Å². The highest BCUT2D eigenvalue weighted by molar-refractivity contribution is 5.89. The second-order valence-corrected chi connectivity index (χ2v) is 8.64. The molecule has 1 aliphatic rings. The molecule has 31 heavy (non-hydrogen) atoms. The van der Waals surface area contributed by atoms with Gasteiger partial charge in [-0.2, -0.15) is 0 Å². The molecule has 0 aromatic heterocycles. The van der Waals surface area contributed by atoms with Crippen LogP contribution in [0.2, 0.25) is 0 Å². The number of benzene rings is 1. The molecule has 10 nitrogen and oxygen atoms in total. The van der Waals surface area contributed by atoms with E-state index in [1.165, 1.54) is 0 Å². The summed E-state index contributed by atoms with van der Waals surface area (Å²) in [6.45, 7) is 8.67. The zero-order valence-electron chi connectivity index (χ0n) is 19.2. The third kappa shape index (κ3) is 8.99. The molecule has 3 amide bonds. The van der Waals surface area contributed by atoms with E-state index >= 15 is 0 Å². The topological polar surface area (TPSA) is 116 Å². The molecule has 2 rings (SSSR count). The van der Waals surface area contributed by atoms with Crippen LogP contribution < -0.4 is 31.3 Å². The van der Waals surface area contributed by atoms with Crippen LogP contribution in [-0.2, 0) is 4.74 Å². The Morgan fingerprint density at radius 3 is 2.68 bits per heavy atom. The van der Waals surface area contributed by atoms with Crippen LogP contribution in [0.1, 0.15) is 34.1 Å². The van der Waals surface area contributed by atoms with Gasteiger partial charge in [-0.1, -0.05) is 6.07 Å². The third-order valence-electron chi connectivity index (χ3n) is 4.55. The molecule has 3 unspecified atom stereocenters. The number of amides is 3. The first-order valence-electron chi connectivity index (χ1n) is 10.5. The molecule has 1 aromatic carbocycles. The molecular formula is C21H36N6O4. The maximum Gasteiger partial charge on any atom is 0.410 e. The van der Waals surface area contributed by atoms with Gasteiger partial charge in [-0.15, -0.1) is 0 Å². The van der Waals surface area contributed by atoms with Crippen LogP contribution in [0.15, 0.2) is 24.3 Å². The summed E-state index contributed by atoms with van der Waals surface area (Å²) < 4.78 is 10.5. The Balaban J connectivity index is 1.77. The molecule has 1 aliphatic heterocycles. The second kappa shape index (κ2) is 11.2. The van der Waals surface area contributed by atoms with Crippen LogP contribution in [0, 0.1) is 0 Å². The normalized spacial score (nSPS) is 21.2. The summed E-state index contributed by atoms with van der Waals surface area (Å²) in [5, 5.41) is 15.7. The number of hydrogen-bond donors (Lipinski definition) is 5. The minimum atomic E-state index is -0.519. The van der Waals surface area contributed by atoms with Crippen molar-refractivity contribution in [2.75, 3.05) is 32.6 Å². The predicted molar refractivity (Wildman–Crippen MR) is 120 cm³/mol. The highest BCUT2D eigenvalue weighted by Gasteiger charge is 2.26. The number of hydrogen-bond acceptors (Lipinski definition) is 7. The molecule has 10 heteroatoms. The first-order chi connectivity index (χ1) is 14.6. The fourth-order valence-corrected chi connectivity index (χ4v) is 3.09. The highest BCUT2D eigenvalue weighted by Crippen LogP contribution is 2.16. The van der Waals surface area contributed by atoms with Crippen LogP contribution in [0.25, 0.3) is 0 Å². The average molecular weight is 437 g/mol. The Hall–Kier alpha value is -2.56. The van der Waals surface area contributed by atoms with E-state index in [1.54, 1.807) is 31.2 Å². The van der Waals surface area contributed by atoms with E-state index < -0.39 is 11.9 Å². The van der Waals surface area contributed by atoms with Gasteiger partial charge in [0.25, 0.3) is 0 Å². The van der Waals surface area contributed by atoms with Gasteiger partial charge >= 0.3 is 12.1 Å². The number of methoxy groups -OCH3 is 1. The standard InChI is InChI=1S/C21H36N6O4/c1-14-12-17(22-10-11-27(5)20(29)31-21(2,3)4)25-18(23-14)26-19(28)24-15-8-7-9-16(13-15)30-6/h7-9,13-14,17-18,22-23,25H,10-12H2,1-6H3,(H2,24,26,28). The number of likely N-dealkylation sites (N-methyl/N-ethyl adjacent to an activating group) is 1. The zero-order chi connectivity index (χ0) is 23.0. The van der Waals surface area contributed by atoms with Crippen LogP contribution >= 0.6 is 0 Å². The number of ether oxygens (including phenoxy) is 2. The molecule has 1 saturated heterocycles. The van der Waals surface area contributed by atoms with Gasteiger partial charge < -0.3 is 25.0 Å². The van der Waals surface area contributed by atoms with Crippen LogP contribution in [0.5, 0.6) is 5.75 Å². The van der Waals surface area contributed by atoms with Gasteiger partial charge in [-0.25, -0.2) is 9.59 Å². The smallest absolute Gasteiger partial charge is 0.410 e. The number of nitrogens with one attached hydrogen (secondary N) is 5. The van der Waals surface area contributed by atoms with Gasteiger partial charge in [-0.05, 0) is 46.2 Å². The average Bonchev–Trinajstić information content (AvgIpc) is 2.66. The maximum absolute atomic E-state index is 12.4. The number of anilines is 1. The highest BCUT2D eigenvalue weighted by atomic mass is 16.6. The van der Waals surface area contributed by atoms with Gasteiger partial charge in [0.15, 0.2) is 0 Å². The lowest BCUT2D eigenvalue weighted by Gasteiger charge is -2.37. The molecule has 3 atom stereocenters. The monoisotopic (exact) mass is 436 g/mol. The number of urea groups is 1. The molecule has 1 heterocycles. The number of carbonyl (C=O) groups is 2. The predicted octanol–water partition coefficient (Wildman–Crippen LogP) is 1.85. The Morgan fingerprint density at radius 1 is 1.26 bits per heavy atom. The largest absolute Gasteiger partial charge is 0.497 e. The molecular weight excluding hydrogens is 400 g/mol. The van der Waals surface area contributed by atoms with E-state index in [4.69, 9.17) is 9.47 Å². The Bertz CT molecular complexity index is 739. The summed E-state index contributed by atoms with van der Waals surface area (Å²) in [4.78, 5) is 26.0. The summed E-state index contributed by atoms with van der Waals surface area (Å²) in [5.41, 5.74) is 0.121. The van der Waals surface area contributed by atoms with Gasteiger partial charge in [0, 0.05) is 37.9 Å². The Kier molecular flexibility index (Phi) is 8.90. The van der Waals surface area contributed by atoms with Crippen molar-refractivity contribution in [3.63, 3.8) is 0 Å². The lowest BCUT2D eigenvalue weighted by atomic mass is 10.1. The van der Waals surface area contributed by atoms with Crippen molar-refractivity contribution in [1.82, 2.24) is 26.2 Å². The molecule has 1 fully saturated rings. The van der Waals surface area contributed by atoms with Crippen LogP contribution in [-0.4, -0.2) is 68.4 Å². The maximum atomic E-state index is 12.4. The summed E-state index contributed by atoms with van der Waals surface area (Å²) in [7, 11) is 3.29. The molecule has 5 N–H and O–H groups in total. The van der Waals surface area contributed by atoms with Crippen molar-refractivity contribution in [3.05, 3.63) is 24.3 Å². The van der Waals surface area contributed by atoms with Gasteiger partial charge in [-0.3, -0.25) is 16.0 Å². The second-order valence-electron chi connectivity index (χ2n) is 8.64. The van der Waals surface area contributed by atoms with Crippen molar-refractivity contribution in [2.24, 2.45) is 0 Å². The minimum absolute atomic E-state index is 0.0228. The first kappa shape index (κ1) is 24.7. The van der Waals surface area contributed by atoms with Gasteiger partial charge in [0.05, 0.1) is 13.3 Å². The quantitative estimate of drug-likeness (QED) is 0.443. The number of carbonyl (C=O) groups excluding carboxylic acids is 2. The van der Waals surface area contributed by atoms with E-state index in [1.807, 2.05) is 32.9 Å². The number of rotatable bonds is 7. The summed E-state index contributed by atoms with van der Waals surface area (Å²) >= 11 is 0. The Morgan fingerprint density at radius 2 is 2.00 bits per heavy atom.